The highest BCUT2D eigenvalue weighted by atomic mass is 35.5. The van der Waals surface area contributed by atoms with E-state index in [-0.39, 0.29) is 46.2 Å². The number of carboxylic acid groups (broad SMARTS) is 2. The first-order valence-electron chi connectivity index (χ1n) is 13.2. The van der Waals surface area contributed by atoms with Gasteiger partial charge in [-0.2, -0.15) is 0 Å². The molecular formula is C29H31ClFNO11. The summed E-state index contributed by atoms with van der Waals surface area (Å²) in [6.07, 6.45) is -7.98. The first-order chi connectivity index (χ1) is 20.3. The second-order valence-corrected chi connectivity index (χ2v) is 10.9. The van der Waals surface area contributed by atoms with Crippen molar-refractivity contribution < 1.29 is 53.7 Å². The highest BCUT2D eigenvalue weighted by Crippen LogP contribution is 2.32. The van der Waals surface area contributed by atoms with Crippen LogP contribution in [0.1, 0.15) is 41.4 Å². The van der Waals surface area contributed by atoms with Crippen LogP contribution in [-0.4, -0.2) is 86.5 Å². The summed E-state index contributed by atoms with van der Waals surface area (Å²) in [6, 6.07) is 6.71. The molecule has 0 unspecified atom stereocenters. The van der Waals surface area contributed by atoms with Crippen molar-refractivity contribution in [3.05, 3.63) is 74.3 Å². The maximum Gasteiger partial charge on any atom is 0.341 e. The van der Waals surface area contributed by atoms with Crippen molar-refractivity contribution in [1.82, 2.24) is 4.57 Å². The average Bonchev–Trinajstić information content (AvgIpc) is 2.95. The number of benzene rings is 2. The molecule has 0 amide bonds. The average molecular weight is 624 g/mol. The Kier molecular flexibility index (Phi) is 9.74. The van der Waals surface area contributed by atoms with Gasteiger partial charge in [0.1, 0.15) is 35.4 Å². The molecular weight excluding hydrogens is 593 g/mol. The first-order valence-corrected chi connectivity index (χ1v) is 13.6. The number of fused-ring (bicyclic) bond motifs is 1. The quantitative estimate of drug-likeness (QED) is 0.223. The number of rotatable bonds is 10. The van der Waals surface area contributed by atoms with Crippen LogP contribution in [0.5, 0.6) is 5.75 Å². The van der Waals surface area contributed by atoms with Gasteiger partial charge in [-0.15, -0.1) is 0 Å². The molecule has 1 fully saturated rings. The fraction of sp³-hybridized carbons (Fsp3) is 0.414. The second-order valence-electron chi connectivity index (χ2n) is 10.5. The van der Waals surface area contributed by atoms with Crippen LogP contribution in [-0.2, 0) is 20.7 Å². The lowest BCUT2D eigenvalue weighted by Crippen LogP contribution is -2.60. The number of aliphatic hydroxyl groups is 3. The van der Waals surface area contributed by atoms with E-state index in [1.807, 2.05) is 0 Å². The van der Waals surface area contributed by atoms with E-state index < -0.39 is 65.5 Å². The summed E-state index contributed by atoms with van der Waals surface area (Å²) in [7, 11) is 1.39. The van der Waals surface area contributed by atoms with Crippen LogP contribution in [0.25, 0.3) is 10.9 Å². The number of aliphatic carboxylic acids is 1. The third kappa shape index (κ3) is 6.37. The van der Waals surface area contributed by atoms with Crippen LogP contribution in [0.4, 0.5) is 4.39 Å². The second kappa shape index (κ2) is 13.0. The van der Waals surface area contributed by atoms with Crippen molar-refractivity contribution in [2.75, 3.05) is 13.7 Å². The number of hydrogen-bond acceptors (Lipinski definition) is 9. The van der Waals surface area contributed by atoms with Gasteiger partial charge in [0.05, 0.1) is 30.3 Å². The molecule has 0 bridgehead atoms. The molecule has 0 spiro atoms. The van der Waals surface area contributed by atoms with Crippen LogP contribution in [0, 0.1) is 11.7 Å². The van der Waals surface area contributed by atoms with E-state index in [1.165, 1.54) is 35.9 Å². The number of carbonyl (C=O) groups is 2. The molecule has 1 aromatic heterocycles. The van der Waals surface area contributed by atoms with Gasteiger partial charge < -0.3 is 44.3 Å². The highest BCUT2D eigenvalue weighted by Gasteiger charge is 2.47. The number of methoxy groups -OCH3 is 1. The van der Waals surface area contributed by atoms with E-state index in [0.717, 1.165) is 6.20 Å². The number of aromatic carboxylic acids is 1. The summed E-state index contributed by atoms with van der Waals surface area (Å²) in [5.74, 6) is -3.74. The van der Waals surface area contributed by atoms with Crippen molar-refractivity contribution in [3.63, 3.8) is 0 Å². The summed E-state index contributed by atoms with van der Waals surface area (Å²) in [6.45, 7) is 3.26. The summed E-state index contributed by atoms with van der Waals surface area (Å²) in [5.41, 5.74) is -0.461. The Morgan fingerprint density at radius 1 is 1.09 bits per heavy atom. The third-order valence-electron chi connectivity index (χ3n) is 7.45. The highest BCUT2D eigenvalue weighted by molar-refractivity contribution is 6.30. The Morgan fingerprint density at radius 2 is 1.79 bits per heavy atom. The topological polar surface area (TPSA) is 185 Å². The predicted octanol–water partition coefficient (Wildman–Crippen LogP) is 2.20. The fourth-order valence-electron chi connectivity index (χ4n) is 5.04. The lowest BCUT2D eigenvalue weighted by molar-refractivity contribution is -0.296. The maximum absolute atomic E-state index is 14.7. The summed E-state index contributed by atoms with van der Waals surface area (Å²) >= 11 is 5.93. The number of aliphatic hydroxyl groups excluding tert-OH is 3. The van der Waals surface area contributed by atoms with Crippen molar-refractivity contribution in [3.8, 4) is 5.75 Å². The molecule has 14 heteroatoms. The molecule has 4 rings (SSSR count). The lowest BCUT2D eigenvalue weighted by Gasteiger charge is -2.39. The maximum atomic E-state index is 14.7. The number of carboxylic acids is 2. The number of pyridine rings is 1. The van der Waals surface area contributed by atoms with Gasteiger partial charge in [0, 0.05) is 24.1 Å². The largest absolute Gasteiger partial charge is 0.496 e. The first kappa shape index (κ1) is 32.3. The molecule has 1 saturated heterocycles. The van der Waals surface area contributed by atoms with Gasteiger partial charge in [-0.05, 0) is 29.2 Å². The van der Waals surface area contributed by atoms with Gasteiger partial charge in [-0.1, -0.05) is 37.6 Å². The zero-order chi connectivity index (χ0) is 31.7. The molecule has 1 aliphatic rings. The molecule has 2 aromatic carbocycles. The normalized spacial score (nSPS) is 23.0. The summed E-state index contributed by atoms with van der Waals surface area (Å²) < 4.78 is 32.7. The van der Waals surface area contributed by atoms with Gasteiger partial charge in [0.15, 0.2) is 12.4 Å². The van der Waals surface area contributed by atoms with Crippen LogP contribution in [0.2, 0.25) is 5.02 Å². The Bertz CT molecular complexity index is 1590. The minimum Gasteiger partial charge on any atom is -0.496 e. The van der Waals surface area contributed by atoms with E-state index in [0.29, 0.717) is 5.56 Å². The molecule has 43 heavy (non-hydrogen) atoms. The number of aromatic nitrogens is 1. The van der Waals surface area contributed by atoms with Crippen molar-refractivity contribution in [2.45, 2.75) is 57.0 Å². The number of ether oxygens (including phenoxy) is 3. The van der Waals surface area contributed by atoms with Crippen molar-refractivity contribution >= 4 is 34.4 Å². The van der Waals surface area contributed by atoms with Crippen LogP contribution >= 0.6 is 11.6 Å². The van der Waals surface area contributed by atoms with E-state index in [2.05, 4.69) is 0 Å². The summed E-state index contributed by atoms with van der Waals surface area (Å²) in [5, 5.41) is 49.6. The van der Waals surface area contributed by atoms with Crippen LogP contribution in [0.3, 0.4) is 0 Å². The van der Waals surface area contributed by atoms with Gasteiger partial charge in [-0.25, -0.2) is 14.0 Å². The Balaban J connectivity index is 1.80. The van der Waals surface area contributed by atoms with E-state index >= 15 is 0 Å². The zero-order valence-electron chi connectivity index (χ0n) is 23.3. The molecule has 6 atom stereocenters. The van der Waals surface area contributed by atoms with Crippen LogP contribution < -0.4 is 10.2 Å². The Hall–Kier alpha value is -3.59. The Labute approximate surface area is 249 Å². The van der Waals surface area contributed by atoms with E-state index in [4.69, 9.17) is 25.8 Å². The van der Waals surface area contributed by atoms with Gasteiger partial charge in [-0.3, -0.25) is 4.79 Å². The minimum absolute atomic E-state index is 0.00206. The van der Waals surface area contributed by atoms with Gasteiger partial charge >= 0.3 is 11.9 Å². The third-order valence-corrected chi connectivity index (χ3v) is 7.74. The van der Waals surface area contributed by atoms with Crippen LogP contribution in [0.15, 0.2) is 41.3 Å². The number of halogens is 2. The molecule has 0 aliphatic carbocycles. The van der Waals surface area contributed by atoms with Gasteiger partial charge in [0.25, 0.3) is 0 Å². The minimum atomic E-state index is -1.91. The molecule has 1 aliphatic heterocycles. The molecule has 12 nitrogen and oxygen atoms in total. The molecule has 3 aromatic rings. The van der Waals surface area contributed by atoms with Gasteiger partial charge in [0.2, 0.25) is 5.43 Å². The monoisotopic (exact) mass is 623 g/mol. The number of nitrogens with zero attached hydrogens (tertiary/aromatic N) is 1. The molecule has 5 N–H and O–H groups in total. The molecule has 2 heterocycles. The van der Waals surface area contributed by atoms with Crippen molar-refractivity contribution in [2.24, 2.45) is 5.92 Å². The number of hydrogen-bond donors (Lipinski definition) is 5. The SMILES string of the molecule is COc1cc2c(cc1Cc1cccc(Cl)c1F)c(=O)c(C(=O)O)cn2[C@H](CO[C@@H]1O[C@H](C(=O)O)[C@@H](O)[C@@H](O)[C@@H]1O)C(C)C. The zero-order valence-corrected chi connectivity index (χ0v) is 24.1. The smallest absolute Gasteiger partial charge is 0.341 e. The van der Waals surface area contributed by atoms with E-state index in [1.54, 1.807) is 19.9 Å². The lowest BCUT2D eigenvalue weighted by atomic mass is 9.98. The summed E-state index contributed by atoms with van der Waals surface area (Å²) in [4.78, 5) is 36.9. The predicted molar refractivity (Wildman–Crippen MR) is 150 cm³/mol. The molecule has 0 radical (unpaired) electrons. The Morgan fingerprint density at radius 3 is 2.40 bits per heavy atom. The fourth-order valence-corrected chi connectivity index (χ4v) is 5.24. The molecule has 232 valence electrons. The van der Waals surface area contributed by atoms with E-state index in [9.17, 15) is 44.3 Å². The standard InChI is InChI=1S/C29H31ClFNO11/c1-12(2)19(11-42-29-25(36)23(34)24(35)26(43-29)28(39)40)32-10-16(27(37)38)22(33)15-8-14(20(41-3)9-18(15)32)7-13-5-4-6-17(30)21(13)31/h4-6,8-10,12,19,23-26,29,34-36H,7,11H2,1-3H3,(H,37,38)(H,39,40)/t19-,23-,24+,25+,26+,29-/m1/s1. The molecule has 0 saturated carbocycles. The van der Waals surface area contributed by atoms with Crippen molar-refractivity contribution in [1.29, 1.82) is 0 Å².